The molecule has 0 amide bonds. The molecule has 1 aliphatic carbocycles. The largest absolute Gasteiger partial charge is 0.312 e. The third kappa shape index (κ3) is 3.21. The highest BCUT2D eigenvalue weighted by Gasteiger charge is 2.37. The SMILES string of the molecule is CCCNC(C)C1(N(C)C)CCCCCC1. The quantitative estimate of drug-likeness (QED) is 0.725. The summed E-state index contributed by atoms with van der Waals surface area (Å²) in [6.45, 7) is 5.77. The zero-order valence-electron chi connectivity index (χ0n) is 11.7. The molecule has 0 heterocycles. The first kappa shape index (κ1) is 14.0. The second-order valence-corrected chi connectivity index (χ2v) is 5.59. The van der Waals surface area contributed by atoms with Gasteiger partial charge in [0.15, 0.2) is 0 Å². The van der Waals surface area contributed by atoms with Gasteiger partial charge in [0.05, 0.1) is 0 Å². The minimum atomic E-state index is 0.395. The second-order valence-electron chi connectivity index (χ2n) is 5.59. The van der Waals surface area contributed by atoms with Crippen molar-refractivity contribution in [3.8, 4) is 0 Å². The normalized spacial score (nSPS) is 23.1. The number of nitrogens with one attached hydrogen (secondary N) is 1. The molecule has 1 aliphatic rings. The fraction of sp³-hybridized carbons (Fsp3) is 1.00. The Kier molecular flexibility index (Phi) is 5.77. The molecule has 1 rings (SSSR count). The molecule has 0 aromatic rings. The van der Waals surface area contributed by atoms with Crippen molar-refractivity contribution in [1.29, 1.82) is 0 Å². The molecule has 0 saturated heterocycles. The minimum Gasteiger partial charge on any atom is -0.312 e. The van der Waals surface area contributed by atoms with Crippen LogP contribution in [0.5, 0.6) is 0 Å². The van der Waals surface area contributed by atoms with Crippen LogP contribution in [0.15, 0.2) is 0 Å². The summed E-state index contributed by atoms with van der Waals surface area (Å²) in [5, 5.41) is 3.71. The summed E-state index contributed by atoms with van der Waals surface area (Å²) < 4.78 is 0. The highest BCUT2D eigenvalue weighted by Crippen LogP contribution is 2.33. The van der Waals surface area contributed by atoms with Gasteiger partial charge in [0.1, 0.15) is 0 Å². The Morgan fingerprint density at radius 3 is 2.12 bits per heavy atom. The molecule has 2 heteroatoms. The average Bonchev–Trinajstić information content (AvgIpc) is 2.52. The van der Waals surface area contributed by atoms with Gasteiger partial charge >= 0.3 is 0 Å². The Morgan fingerprint density at radius 1 is 1.12 bits per heavy atom. The van der Waals surface area contributed by atoms with Crippen molar-refractivity contribution >= 4 is 0 Å². The third-order valence-corrected chi connectivity index (χ3v) is 4.37. The molecular weight excluding hydrogens is 196 g/mol. The van der Waals surface area contributed by atoms with Crippen molar-refractivity contribution in [2.24, 2.45) is 0 Å². The van der Waals surface area contributed by atoms with Crippen LogP contribution in [0.25, 0.3) is 0 Å². The van der Waals surface area contributed by atoms with Crippen molar-refractivity contribution in [3.05, 3.63) is 0 Å². The molecule has 0 aliphatic heterocycles. The fourth-order valence-corrected chi connectivity index (χ4v) is 3.16. The number of nitrogens with zero attached hydrogens (tertiary/aromatic N) is 1. The Labute approximate surface area is 102 Å². The lowest BCUT2D eigenvalue weighted by molar-refractivity contribution is 0.0878. The van der Waals surface area contributed by atoms with Gasteiger partial charge in [-0.15, -0.1) is 0 Å². The smallest absolute Gasteiger partial charge is 0.0353 e. The van der Waals surface area contributed by atoms with E-state index in [1.807, 2.05) is 0 Å². The van der Waals surface area contributed by atoms with E-state index in [2.05, 4.69) is 38.2 Å². The van der Waals surface area contributed by atoms with Crippen LogP contribution in [0.3, 0.4) is 0 Å². The van der Waals surface area contributed by atoms with Crippen LogP contribution in [-0.4, -0.2) is 37.1 Å². The summed E-state index contributed by atoms with van der Waals surface area (Å²) in [6, 6.07) is 0.612. The standard InChI is InChI=1S/C14H30N2/c1-5-12-15-13(2)14(16(3)4)10-8-6-7-9-11-14/h13,15H,5-12H2,1-4H3. The Balaban J connectivity index is 2.68. The molecule has 2 nitrogen and oxygen atoms in total. The molecule has 1 unspecified atom stereocenters. The van der Waals surface area contributed by atoms with E-state index in [1.54, 1.807) is 0 Å². The van der Waals surface area contributed by atoms with Gasteiger partial charge in [-0.3, -0.25) is 0 Å². The summed E-state index contributed by atoms with van der Waals surface area (Å²) in [4.78, 5) is 2.48. The molecule has 1 fully saturated rings. The first-order valence-electron chi connectivity index (χ1n) is 7.04. The lowest BCUT2D eigenvalue weighted by Gasteiger charge is -2.45. The van der Waals surface area contributed by atoms with E-state index in [1.165, 1.54) is 44.9 Å². The van der Waals surface area contributed by atoms with Crippen molar-refractivity contribution in [1.82, 2.24) is 10.2 Å². The van der Waals surface area contributed by atoms with E-state index in [-0.39, 0.29) is 0 Å². The number of hydrogen-bond acceptors (Lipinski definition) is 2. The summed E-state index contributed by atoms with van der Waals surface area (Å²) in [6.07, 6.45) is 9.60. The van der Waals surface area contributed by atoms with Crippen molar-refractivity contribution in [2.75, 3.05) is 20.6 Å². The van der Waals surface area contributed by atoms with Crippen LogP contribution >= 0.6 is 0 Å². The van der Waals surface area contributed by atoms with E-state index in [0.29, 0.717) is 11.6 Å². The molecule has 0 radical (unpaired) electrons. The molecule has 0 bridgehead atoms. The van der Waals surface area contributed by atoms with Crippen molar-refractivity contribution < 1.29 is 0 Å². The topological polar surface area (TPSA) is 15.3 Å². The molecular formula is C14H30N2. The van der Waals surface area contributed by atoms with Crippen LogP contribution in [0.2, 0.25) is 0 Å². The van der Waals surface area contributed by atoms with Gasteiger partial charge < -0.3 is 10.2 Å². The van der Waals surface area contributed by atoms with Gasteiger partial charge in [-0.2, -0.15) is 0 Å². The van der Waals surface area contributed by atoms with Gasteiger partial charge in [-0.1, -0.05) is 32.6 Å². The lowest BCUT2D eigenvalue weighted by atomic mass is 9.82. The number of rotatable bonds is 5. The summed E-state index contributed by atoms with van der Waals surface area (Å²) in [7, 11) is 4.52. The lowest BCUT2D eigenvalue weighted by Crippen LogP contribution is -2.57. The molecule has 16 heavy (non-hydrogen) atoms. The maximum Gasteiger partial charge on any atom is 0.0353 e. The van der Waals surface area contributed by atoms with E-state index in [4.69, 9.17) is 0 Å². The van der Waals surface area contributed by atoms with Crippen LogP contribution in [0, 0.1) is 0 Å². The van der Waals surface area contributed by atoms with Gasteiger partial charge in [-0.25, -0.2) is 0 Å². The molecule has 1 N–H and O–H groups in total. The molecule has 0 aromatic heterocycles. The summed E-state index contributed by atoms with van der Waals surface area (Å²) >= 11 is 0. The molecule has 0 spiro atoms. The number of hydrogen-bond donors (Lipinski definition) is 1. The van der Waals surface area contributed by atoms with Crippen molar-refractivity contribution in [3.63, 3.8) is 0 Å². The second kappa shape index (κ2) is 6.61. The Hall–Kier alpha value is -0.0800. The van der Waals surface area contributed by atoms with E-state index in [0.717, 1.165) is 6.54 Å². The van der Waals surface area contributed by atoms with Gasteiger partial charge in [0.2, 0.25) is 0 Å². The Bertz CT molecular complexity index is 181. The predicted molar refractivity (Wildman–Crippen MR) is 71.9 cm³/mol. The zero-order chi connectivity index (χ0) is 12.0. The third-order valence-electron chi connectivity index (χ3n) is 4.37. The monoisotopic (exact) mass is 226 g/mol. The van der Waals surface area contributed by atoms with Gasteiger partial charge in [0, 0.05) is 11.6 Å². The summed E-state index contributed by atoms with van der Waals surface area (Å²) in [5.74, 6) is 0. The Morgan fingerprint density at radius 2 is 1.69 bits per heavy atom. The molecule has 1 saturated carbocycles. The highest BCUT2D eigenvalue weighted by atomic mass is 15.2. The van der Waals surface area contributed by atoms with Crippen LogP contribution < -0.4 is 5.32 Å². The predicted octanol–water partition coefficient (Wildman–Crippen LogP) is 3.03. The van der Waals surface area contributed by atoms with Crippen LogP contribution in [0.4, 0.5) is 0 Å². The van der Waals surface area contributed by atoms with Crippen LogP contribution in [-0.2, 0) is 0 Å². The van der Waals surface area contributed by atoms with Crippen molar-refractivity contribution in [2.45, 2.75) is 70.4 Å². The molecule has 1 atom stereocenters. The maximum atomic E-state index is 3.71. The maximum absolute atomic E-state index is 3.71. The van der Waals surface area contributed by atoms with E-state index >= 15 is 0 Å². The average molecular weight is 226 g/mol. The summed E-state index contributed by atoms with van der Waals surface area (Å²) in [5.41, 5.74) is 0.395. The first-order chi connectivity index (χ1) is 7.63. The zero-order valence-corrected chi connectivity index (χ0v) is 11.7. The van der Waals surface area contributed by atoms with E-state index < -0.39 is 0 Å². The van der Waals surface area contributed by atoms with E-state index in [9.17, 15) is 0 Å². The highest BCUT2D eigenvalue weighted by molar-refractivity contribution is 4.97. The minimum absolute atomic E-state index is 0.395. The molecule has 0 aromatic carbocycles. The van der Waals surface area contributed by atoms with Crippen LogP contribution in [0.1, 0.15) is 58.8 Å². The van der Waals surface area contributed by atoms with Gasteiger partial charge in [-0.05, 0) is 46.8 Å². The molecule has 96 valence electrons. The first-order valence-corrected chi connectivity index (χ1v) is 7.04. The number of likely N-dealkylation sites (N-methyl/N-ethyl adjacent to an activating group) is 1. The van der Waals surface area contributed by atoms with Gasteiger partial charge in [0.25, 0.3) is 0 Å². The fourth-order valence-electron chi connectivity index (χ4n) is 3.16.